The zero-order valence-corrected chi connectivity index (χ0v) is 18.0. The Morgan fingerprint density at radius 2 is 1.90 bits per heavy atom. The number of aromatic nitrogens is 2. The van der Waals surface area contributed by atoms with E-state index in [2.05, 4.69) is 11.1 Å². The average molecular weight is 441 g/mol. The number of nitrogens with zero attached hydrogens (tertiary/aromatic N) is 2. The lowest BCUT2D eigenvalue weighted by Crippen LogP contribution is -2.21. The zero-order chi connectivity index (χ0) is 21.8. The van der Waals surface area contributed by atoms with Gasteiger partial charge in [0.25, 0.3) is 0 Å². The summed E-state index contributed by atoms with van der Waals surface area (Å²) >= 11 is 6.47. The highest BCUT2D eigenvalue weighted by Gasteiger charge is 2.25. The summed E-state index contributed by atoms with van der Waals surface area (Å²) in [6, 6.07) is 12.0. The molecule has 1 aromatic carbocycles. The summed E-state index contributed by atoms with van der Waals surface area (Å²) in [5.41, 5.74) is 15.2. The minimum absolute atomic E-state index is 0.220. The number of hydrogen-bond donors (Lipinski definition) is 2. The number of benzene rings is 1. The lowest BCUT2D eigenvalue weighted by molar-refractivity contribution is 0.292. The van der Waals surface area contributed by atoms with Gasteiger partial charge in [-0.05, 0) is 73.4 Å². The van der Waals surface area contributed by atoms with Gasteiger partial charge >= 0.3 is 0 Å². The molecule has 0 bridgehead atoms. The van der Waals surface area contributed by atoms with Crippen molar-refractivity contribution in [1.82, 2.24) is 9.97 Å². The monoisotopic (exact) mass is 440 g/mol. The van der Waals surface area contributed by atoms with Crippen LogP contribution in [0, 0.1) is 11.7 Å². The molecule has 31 heavy (non-hydrogen) atoms. The van der Waals surface area contributed by atoms with Gasteiger partial charge in [-0.15, -0.1) is 0 Å². The number of anilines is 1. The van der Waals surface area contributed by atoms with Crippen LogP contribution < -0.4 is 16.2 Å². The molecular formula is C24H26ClFN4O. The molecule has 4 N–H and O–H groups in total. The first-order chi connectivity index (χ1) is 15.0. The van der Waals surface area contributed by atoms with Crippen LogP contribution in [0.1, 0.15) is 42.7 Å². The Balaban J connectivity index is 1.65. The maximum absolute atomic E-state index is 13.5. The molecule has 0 spiro atoms. The fraction of sp³-hybridized carbons (Fsp3) is 0.333. The molecule has 0 aliphatic heterocycles. The molecule has 4 rings (SSSR count). The van der Waals surface area contributed by atoms with E-state index in [0.29, 0.717) is 28.6 Å². The van der Waals surface area contributed by atoms with E-state index in [1.165, 1.54) is 12.1 Å². The largest absolute Gasteiger partial charge is 0.473 e. The fourth-order valence-electron chi connectivity index (χ4n) is 4.21. The van der Waals surface area contributed by atoms with Gasteiger partial charge in [0.15, 0.2) is 0 Å². The van der Waals surface area contributed by atoms with Crippen molar-refractivity contribution in [2.24, 2.45) is 11.7 Å². The summed E-state index contributed by atoms with van der Waals surface area (Å²) in [5, 5.41) is 0.487. The van der Waals surface area contributed by atoms with E-state index in [4.69, 9.17) is 32.8 Å². The summed E-state index contributed by atoms with van der Waals surface area (Å²) in [4.78, 5) is 8.86. The van der Waals surface area contributed by atoms with E-state index in [9.17, 15) is 4.39 Å². The molecule has 2 aromatic heterocycles. The summed E-state index contributed by atoms with van der Waals surface area (Å²) in [6.45, 7) is 0.953. The van der Waals surface area contributed by atoms with Gasteiger partial charge < -0.3 is 16.2 Å². The second kappa shape index (κ2) is 9.62. The summed E-state index contributed by atoms with van der Waals surface area (Å²) in [6.07, 6.45) is 5.86. The van der Waals surface area contributed by atoms with Crippen molar-refractivity contribution in [3.63, 3.8) is 0 Å². The molecule has 162 valence electrons. The summed E-state index contributed by atoms with van der Waals surface area (Å²) in [7, 11) is 0. The highest BCUT2D eigenvalue weighted by atomic mass is 35.5. The summed E-state index contributed by atoms with van der Waals surface area (Å²) in [5.74, 6) is 1.49. The van der Waals surface area contributed by atoms with Crippen LogP contribution in [0.2, 0.25) is 5.02 Å². The minimum Gasteiger partial charge on any atom is -0.473 e. The highest BCUT2D eigenvalue weighted by molar-refractivity contribution is 6.33. The van der Waals surface area contributed by atoms with Crippen molar-refractivity contribution in [2.45, 2.75) is 38.2 Å². The maximum atomic E-state index is 13.5. The third-order valence-corrected chi connectivity index (χ3v) is 6.23. The summed E-state index contributed by atoms with van der Waals surface area (Å²) < 4.78 is 19.3. The molecule has 1 aliphatic rings. The van der Waals surface area contributed by atoms with Crippen molar-refractivity contribution >= 4 is 17.4 Å². The Morgan fingerprint density at radius 3 is 2.65 bits per heavy atom. The number of halogens is 2. The van der Waals surface area contributed by atoms with Crippen molar-refractivity contribution in [1.29, 1.82) is 0 Å². The van der Waals surface area contributed by atoms with E-state index in [0.717, 1.165) is 54.6 Å². The van der Waals surface area contributed by atoms with Gasteiger partial charge in [0.05, 0.1) is 10.7 Å². The van der Waals surface area contributed by atoms with Gasteiger partial charge in [0.2, 0.25) is 5.88 Å². The van der Waals surface area contributed by atoms with E-state index in [1.807, 2.05) is 12.1 Å². The quantitative estimate of drug-likeness (QED) is 0.541. The molecule has 7 heteroatoms. The predicted molar refractivity (Wildman–Crippen MR) is 121 cm³/mol. The molecule has 0 atom stereocenters. The number of ether oxygens (including phenoxy) is 1. The third-order valence-electron chi connectivity index (χ3n) is 5.93. The van der Waals surface area contributed by atoms with Gasteiger partial charge in [-0.25, -0.2) is 14.4 Å². The van der Waals surface area contributed by atoms with E-state index in [-0.39, 0.29) is 12.4 Å². The second-order valence-electron chi connectivity index (χ2n) is 8.05. The number of rotatable bonds is 6. The molecule has 3 aromatic rings. The van der Waals surface area contributed by atoms with Crippen LogP contribution in [0.25, 0.3) is 11.3 Å². The molecule has 1 aliphatic carbocycles. The Morgan fingerprint density at radius 1 is 1.10 bits per heavy atom. The van der Waals surface area contributed by atoms with Crippen molar-refractivity contribution in [3.05, 3.63) is 70.6 Å². The molecular weight excluding hydrogens is 415 g/mol. The van der Waals surface area contributed by atoms with Crippen LogP contribution in [0.4, 0.5) is 10.2 Å². The first-order valence-electron chi connectivity index (χ1n) is 10.5. The van der Waals surface area contributed by atoms with Gasteiger partial charge in [-0.1, -0.05) is 29.8 Å². The molecule has 5 nitrogen and oxygen atoms in total. The fourth-order valence-corrected chi connectivity index (χ4v) is 4.40. The minimum atomic E-state index is -0.294. The normalized spacial score (nSPS) is 18.7. The van der Waals surface area contributed by atoms with Gasteiger partial charge in [-0.2, -0.15) is 0 Å². The van der Waals surface area contributed by atoms with Crippen LogP contribution >= 0.6 is 11.6 Å². The Kier molecular flexibility index (Phi) is 6.68. The Bertz CT molecular complexity index is 1050. The number of hydrogen-bond acceptors (Lipinski definition) is 5. The Labute approximate surface area is 186 Å². The second-order valence-corrected chi connectivity index (χ2v) is 8.46. The number of nitrogen functional groups attached to an aromatic ring is 1. The van der Waals surface area contributed by atoms with Crippen LogP contribution in [0.5, 0.6) is 5.88 Å². The lowest BCUT2D eigenvalue weighted by Gasteiger charge is -2.29. The van der Waals surface area contributed by atoms with Crippen molar-refractivity contribution in [3.8, 4) is 17.1 Å². The Hall–Kier alpha value is -2.70. The average Bonchev–Trinajstić information content (AvgIpc) is 2.79. The topological polar surface area (TPSA) is 87.0 Å². The smallest absolute Gasteiger partial charge is 0.214 e. The first-order valence-corrected chi connectivity index (χ1v) is 10.9. The van der Waals surface area contributed by atoms with Crippen LogP contribution in [0.3, 0.4) is 0 Å². The lowest BCUT2D eigenvalue weighted by atomic mass is 9.78. The molecule has 2 heterocycles. The molecule has 1 saturated carbocycles. The van der Waals surface area contributed by atoms with Gasteiger partial charge in [0.1, 0.15) is 18.2 Å². The standard InChI is InChI=1S/C24H26ClFN4O/c25-21-13-29-22(28)11-20(21)24-19(17-6-4-15(12-27)5-7-17)8-9-23(30-24)31-14-16-2-1-3-18(26)10-16/h1-3,8-11,13,15,17H,4-7,12,14,27H2,(H2,28,29). The molecule has 0 radical (unpaired) electrons. The van der Waals surface area contributed by atoms with Crippen LogP contribution in [-0.4, -0.2) is 16.5 Å². The SMILES string of the molecule is NCC1CCC(c2ccc(OCc3cccc(F)c3)nc2-c2cc(N)ncc2Cl)CC1. The number of pyridine rings is 2. The van der Waals surface area contributed by atoms with E-state index in [1.54, 1.807) is 18.3 Å². The van der Waals surface area contributed by atoms with Crippen molar-refractivity contribution < 1.29 is 9.13 Å². The number of nitrogens with two attached hydrogens (primary N) is 2. The molecule has 0 unspecified atom stereocenters. The van der Waals surface area contributed by atoms with Crippen LogP contribution in [-0.2, 0) is 6.61 Å². The molecule has 0 saturated heterocycles. The molecule has 1 fully saturated rings. The zero-order valence-electron chi connectivity index (χ0n) is 17.2. The van der Waals surface area contributed by atoms with Crippen molar-refractivity contribution in [2.75, 3.05) is 12.3 Å². The third kappa shape index (κ3) is 5.14. The van der Waals surface area contributed by atoms with Gasteiger partial charge in [-0.3, -0.25) is 0 Å². The molecule has 0 amide bonds. The first kappa shape index (κ1) is 21.5. The van der Waals surface area contributed by atoms with Gasteiger partial charge in [0, 0.05) is 17.8 Å². The highest BCUT2D eigenvalue weighted by Crippen LogP contribution is 2.41. The predicted octanol–water partition coefficient (Wildman–Crippen LogP) is 5.33. The van der Waals surface area contributed by atoms with E-state index >= 15 is 0 Å². The van der Waals surface area contributed by atoms with E-state index < -0.39 is 0 Å². The maximum Gasteiger partial charge on any atom is 0.214 e. The van der Waals surface area contributed by atoms with Crippen LogP contribution in [0.15, 0.2) is 48.7 Å².